The molecule has 0 unspecified atom stereocenters. The minimum atomic E-state index is -0.614. The summed E-state index contributed by atoms with van der Waals surface area (Å²) in [5, 5.41) is 22.0. The molecule has 0 fully saturated rings. The first-order chi connectivity index (χ1) is 15.6. The highest BCUT2D eigenvalue weighted by Crippen LogP contribution is 2.44. The fraction of sp³-hybridized carbons (Fsp3) is 0.190. The second-order valence-corrected chi connectivity index (χ2v) is 7.00. The van der Waals surface area contributed by atoms with E-state index in [1.54, 1.807) is 38.1 Å². The normalized spacial score (nSPS) is 14.2. The van der Waals surface area contributed by atoms with Gasteiger partial charge < -0.3 is 19.5 Å². The zero-order valence-corrected chi connectivity index (χ0v) is 17.5. The Morgan fingerprint density at radius 2 is 1.81 bits per heavy atom. The Balaban J connectivity index is 1.84. The number of ether oxygens (including phenoxy) is 3. The largest absolute Gasteiger partial charge is 0.497 e. The summed E-state index contributed by atoms with van der Waals surface area (Å²) < 4.78 is 18.0. The lowest BCUT2D eigenvalue weighted by Crippen LogP contribution is -2.29. The van der Waals surface area contributed by atoms with E-state index >= 15 is 0 Å². The summed E-state index contributed by atoms with van der Waals surface area (Å²) >= 11 is 0. The molecule has 11 heteroatoms. The predicted molar refractivity (Wildman–Crippen MR) is 115 cm³/mol. The fourth-order valence-corrected chi connectivity index (χ4v) is 3.87. The molecular formula is C21H19N7O4. The lowest BCUT2D eigenvalue weighted by molar-refractivity contribution is 0.392. The van der Waals surface area contributed by atoms with Gasteiger partial charge in [0.1, 0.15) is 29.0 Å². The van der Waals surface area contributed by atoms with Crippen LogP contribution in [0.1, 0.15) is 17.2 Å². The molecule has 0 radical (unpaired) electrons. The van der Waals surface area contributed by atoms with Gasteiger partial charge in [-0.05, 0) is 40.8 Å². The van der Waals surface area contributed by atoms with Crippen LogP contribution in [0.4, 0.5) is 11.6 Å². The number of nitrogens with one attached hydrogen (secondary N) is 2. The third kappa shape index (κ3) is 3.02. The summed E-state index contributed by atoms with van der Waals surface area (Å²) in [5.41, 5.74) is 2.50. The molecule has 0 aliphatic carbocycles. The number of benzene rings is 2. The maximum Gasteiger partial charge on any atom is 0.288 e. The number of hydrogen-bond acceptors (Lipinski definition) is 9. The van der Waals surface area contributed by atoms with Crippen molar-refractivity contribution in [3.05, 3.63) is 63.9 Å². The van der Waals surface area contributed by atoms with Gasteiger partial charge in [0.05, 0.1) is 27.0 Å². The third-order valence-corrected chi connectivity index (χ3v) is 5.34. The molecule has 4 aromatic rings. The van der Waals surface area contributed by atoms with Crippen molar-refractivity contribution in [2.45, 2.75) is 6.04 Å². The maximum atomic E-state index is 12.8. The zero-order chi connectivity index (χ0) is 22.2. The number of nitrogens with zero attached hydrogens (tertiary/aromatic N) is 5. The van der Waals surface area contributed by atoms with Crippen LogP contribution in [0.5, 0.6) is 17.2 Å². The average molecular weight is 433 g/mol. The number of H-pyrrole nitrogens is 1. The van der Waals surface area contributed by atoms with Gasteiger partial charge >= 0.3 is 0 Å². The van der Waals surface area contributed by atoms with Crippen molar-refractivity contribution in [3.63, 3.8) is 0 Å². The Labute approximate surface area is 181 Å². The Bertz CT molecular complexity index is 1360. The van der Waals surface area contributed by atoms with Gasteiger partial charge in [-0.2, -0.15) is 9.78 Å². The van der Waals surface area contributed by atoms with Crippen LogP contribution >= 0.6 is 0 Å². The number of rotatable bonds is 5. The molecule has 2 aromatic heterocycles. The molecule has 0 saturated heterocycles. The number of methoxy groups -OCH3 is 3. The van der Waals surface area contributed by atoms with Crippen LogP contribution in [-0.4, -0.2) is 51.7 Å². The molecular weight excluding hydrogens is 414 g/mol. The fourth-order valence-electron chi connectivity index (χ4n) is 3.87. The number of tetrazole rings is 1. The molecule has 2 aromatic carbocycles. The van der Waals surface area contributed by atoms with Crippen molar-refractivity contribution in [2.24, 2.45) is 0 Å². The lowest BCUT2D eigenvalue weighted by Gasteiger charge is -2.29. The van der Waals surface area contributed by atoms with Crippen LogP contribution in [0.3, 0.4) is 0 Å². The molecule has 0 saturated carbocycles. The first-order valence-electron chi connectivity index (χ1n) is 9.68. The van der Waals surface area contributed by atoms with E-state index in [4.69, 9.17) is 14.2 Å². The minimum Gasteiger partial charge on any atom is -0.497 e. The van der Waals surface area contributed by atoms with Gasteiger partial charge in [-0.3, -0.25) is 4.79 Å². The van der Waals surface area contributed by atoms with Crippen molar-refractivity contribution in [1.29, 1.82) is 0 Å². The number of hydrogen-bond donors (Lipinski definition) is 2. The molecule has 11 nitrogen and oxygen atoms in total. The van der Waals surface area contributed by atoms with Crippen molar-refractivity contribution in [1.82, 2.24) is 30.4 Å². The lowest BCUT2D eigenvalue weighted by atomic mass is 9.91. The standard InChI is InChI=1S/C21H19N7O4/c1-30-12-6-4-5-11(9-12)17-16-18(20(29)24-23-17)22-21-25-26-27-28(21)19(16)14-10-13(31-2)7-8-15(14)32-3/h4-10,19H,1-3H3,(H,24,29)(H,22,25,27)/t19-/m1/s1. The third-order valence-electron chi connectivity index (χ3n) is 5.34. The second-order valence-electron chi connectivity index (χ2n) is 7.00. The van der Waals surface area contributed by atoms with Gasteiger partial charge in [-0.1, -0.05) is 17.2 Å². The van der Waals surface area contributed by atoms with Crippen LogP contribution in [0, 0.1) is 0 Å². The molecule has 1 aliphatic heterocycles. The summed E-state index contributed by atoms with van der Waals surface area (Å²) in [4.78, 5) is 12.8. The van der Waals surface area contributed by atoms with Crippen LogP contribution in [0.15, 0.2) is 47.3 Å². The highest BCUT2D eigenvalue weighted by molar-refractivity contribution is 5.76. The van der Waals surface area contributed by atoms with E-state index in [1.807, 2.05) is 30.3 Å². The Hall–Kier alpha value is -4.41. The average Bonchev–Trinajstić information content (AvgIpc) is 3.31. The van der Waals surface area contributed by atoms with E-state index in [9.17, 15) is 4.79 Å². The Kier molecular flexibility index (Phi) is 4.70. The first kappa shape index (κ1) is 19.5. The molecule has 3 heterocycles. The van der Waals surface area contributed by atoms with Crippen molar-refractivity contribution >= 4 is 11.6 Å². The number of aromatic nitrogens is 6. The van der Waals surface area contributed by atoms with Gasteiger partial charge in [-0.25, -0.2) is 5.10 Å². The molecule has 2 N–H and O–H groups in total. The molecule has 0 bridgehead atoms. The van der Waals surface area contributed by atoms with Gasteiger partial charge in [0.2, 0.25) is 5.95 Å². The summed E-state index contributed by atoms with van der Waals surface area (Å²) in [7, 11) is 4.75. The van der Waals surface area contributed by atoms with Crippen LogP contribution in [-0.2, 0) is 0 Å². The van der Waals surface area contributed by atoms with E-state index in [0.717, 1.165) is 5.56 Å². The quantitative estimate of drug-likeness (QED) is 0.428. The van der Waals surface area contributed by atoms with Crippen molar-refractivity contribution in [3.8, 4) is 28.5 Å². The Morgan fingerprint density at radius 3 is 2.59 bits per heavy atom. The van der Waals surface area contributed by atoms with Gasteiger partial charge in [-0.15, -0.1) is 0 Å². The van der Waals surface area contributed by atoms with E-state index < -0.39 is 11.6 Å². The van der Waals surface area contributed by atoms with Crippen LogP contribution < -0.4 is 25.1 Å². The zero-order valence-electron chi connectivity index (χ0n) is 17.5. The molecule has 1 atom stereocenters. The van der Waals surface area contributed by atoms with Crippen LogP contribution in [0.25, 0.3) is 11.3 Å². The van der Waals surface area contributed by atoms with Gasteiger partial charge in [0.25, 0.3) is 5.56 Å². The van der Waals surface area contributed by atoms with Crippen molar-refractivity contribution in [2.75, 3.05) is 26.6 Å². The molecule has 5 rings (SSSR count). The summed E-state index contributed by atoms with van der Waals surface area (Å²) in [6, 6.07) is 12.2. The topological polar surface area (TPSA) is 129 Å². The molecule has 32 heavy (non-hydrogen) atoms. The Morgan fingerprint density at radius 1 is 1.00 bits per heavy atom. The summed E-state index contributed by atoms with van der Waals surface area (Å²) in [6.45, 7) is 0. The molecule has 0 spiro atoms. The molecule has 162 valence electrons. The van der Waals surface area contributed by atoms with E-state index in [0.29, 0.717) is 45.7 Å². The number of anilines is 2. The molecule has 1 aliphatic rings. The summed E-state index contributed by atoms with van der Waals surface area (Å²) in [5.74, 6) is 2.19. The van der Waals surface area contributed by atoms with E-state index in [2.05, 4.69) is 31.0 Å². The monoisotopic (exact) mass is 433 g/mol. The van der Waals surface area contributed by atoms with E-state index in [1.165, 1.54) is 0 Å². The molecule has 0 amide bonds. The van der Waals surface area contributed by atoms with Crippen LogP contribution in [0.2, 0.25) is 0 Å². The maximum absolute atomic E-state index is 12.8. The highest BCUT2D eigenvalue weighted by atomic mass is 16.5. The predicted octanol–water partition coefficient (Wildman–Crippen LogP) is 2.14. The van der Waals surface area contributed by atoms with Gasteiger partial charge in [0, 0.05) is 16.7 Å². The second kappa shape index (κ2) is 7.69. The smallest absolute Gasteiger partial charge is 0.288 e. The van der Waals surface area contributed by atoms with Gasteiger partial charge in [0.15, 0.2) is 0 Å². The SMILES string of the molecule is COc1cccc(-c2n[nH]c(=O)c3c2[C@@H](c2cc(OC)ccc2OC)n2nnnc2N3)c1. The number of aromatic amines is 1. The summed E-state index contributed by atoms with van der Waals surface area (Å²) in [6.07, 6.45) is 0. The highest BCUT2D eigenvalue weighted by Gasteiger charge is 2.36. The number of fused-ring (bicyclic) bond motifs is 2. The van der Waals surface area contributed by atoms with E-state index in [-0.39, 0.29) is 0 Å². The minimum absolute atomic E-state index is 0.301. The first-order valence-corrected chi connectivity index (χ1v) is 9.68. The van der Waals surface area contributed by atoms with Crippen molar-refractivity contribution < 1.29 is 14.2 Å².